The van der Waals surface area contributed by atoms with Gasteiger partial charge < -0.3 is 14.9 Å². The molecular weight excluding hydrogens is 232 g/mol. The maximum absolute atomic E-state index is 10.9. The number of methoxy groups -OCH3 is 1. The highest BCUT2D eigenvalue weighted by atomic mass is 16.5. The van der Waals surface area contributed by atoms with Gasteiger partial charge in [0.2, 0.25) is 0 Å². The maximum atomic E-state index is 10.9. The maximum Gasteiger partial charge on any atom is 0.306 e. The number of hydrogen-bond acceptors (Lipinski definition) is 3. The zero-order chi connectivity index (χ0) is 13.5. The number of hydrogen-bond donors (Lipinski definition) is 2. The molecule has 18 heavy (non-hydrogen) atoms. The molecule has 0 amide bonds. The number of carboxylic acid groups (broad SMARTS) is 1. The molecule has 0 unspecified atom stereocenters. The average Bonchev–Trinajstić information content (AvgIpc) is 2.23. The lowest BCUT2D eigenvalue weighted by Crippen LogP contribution is -2.45. The molecule has 0 bridgehead atoms. The molecule has 1 aromatic carbocycles. The molecule has 0 radical (unpaired) electrons. The van der Waals surface area contributed by atoms with Crippen molar-refractivity contribution in [3.05, 3.63) is 28.8 Å². The molecule has 1 fully saturated rings. The van der Waals surface area contributed by atoms with Crippen molar-refractivity contribution in [2.24, 2.45) is 5.92 Å². The molecule has 1 aliphatic carbocycles. The first-order valence-electron chi connectivity index (χ1n) is 5.98. The smallest absolute Gasteiger partial charge is 0.306 e. The fourth-order valence-electron chi connectivity index (χ4n) is 2.82. The van der Waals surface area contributed by atoms with Gasteiger partial charge in [-0.3, -0.25) is 4.79 Å². The Balaban J connectivity index is 2.37. The van der Waals surface area contributed by atoms with E-state index in [9.17, 15) is 9.90 Å². The molecule has 0 saturated heterocycles. The molecule has 0 spiro atoms. The van der Waals surface area contributed by atoms with Gasteiger partial charge >= 0.3 is 5.97 Å². The Kier molecular flexibility index (Phi) is 3.07. The lowest BCUT2D eigenvalue weighted by Gasteiger charge is -2.43. The van der Waals surface area contributed by atoms with Crippen LogP contribution in [-0.2, 0) is 10.4 Å². The Morgan fingerprint density at radius 3 is 2.50 bits per heavy atom. The Labute approximate surface area is 106 Å². The zero-order valence-electron chi connectivity index (χ0n) is 10.9. The van der Waals surface area contributed by atoms with Crippen LogP contribution in [0.4, 0.5) is 0 Å². The monoisotopic (exact) mass is 250 g/mol. The van der Waals surface area contributed by atoms with Gasteiger partial charge in [0.05, 0.1) is 18.6 Å². The van der Waals surface area contributed by atoms with Gasteiger partial charge in [-0.25, -0.2) is 0 Å². The molecule has 0 heterocycles. The van der Waals surface area contributed by atoms with Crippen LogP contribution in [0.5, 0.6) is 5.75 Å². The van der Waals surface area contributed by atoms with Crippen molar-refractivity contribution in [2.45, 2.75) is 32.3 Å². The van der Waals surface area contributed by atoms with Gasteiger partial charge in [-0.2, -0.15) is 0 Å². The summed E-state index contributed by atoms with van der Waals surface area (Å²) in [6.45, 7) is 3.88. The van der Waals surface area contributed by atoms with Crippen molar-refractivity contribution >= 4 is 5.97 Å². The van der Waals surface area contributed by atoms with E-state index in [0.717, 1.165) is 16.7 Å². The van der Waals surface area contributed by atoms with E-state index in [1.165, 1.54) is 0 Å². The number of carbonyl (C=O) groups is 1. The van der Waals surface area contributed by atoms with Gasteiger partial charge in [0.25, 0.3) is 0 Å². The SMILES string of the molecule is COc1cc(C)cc(C)c1C1(O)CC(C(=O)O)C1. The van der Waals surface area contributed by atoms with Crippen LogP contribution in [0.2, 0.25) is 0 Å². The fraction of sp³-hybridized carbons (Fsp3) is 0.500. The largest absolute Gasteiger partial charge is 0.496 e. The summed E-state index contributed by atoms with van der Waals surface area (Å²) in [7, 11) is 1.56. The van der Waals surface area contributed by atoms with Crippen molar-refractivity contribution in [1.82, 2.24) is 0 Å². The second-order valence-corrected chi connectivity index (χ2v) is 5.13. The minimum Gasteiger partial charge on any atom is -0.496 e. The highest BCUT2D eigenvalue weighted by Gasteiger charge is 2.49. The van der Waals surface area contributed by atoms with Crippen molar-refractivity contribution in [3.8, 4) is 5.75 Å². The number of benzene rings is 1. The molecule has 0 aromatic heterocycles. The zero-order valence-corrected chi connectivity index (χ0v) is 10.9. The third kappa shape index (κ3) is 1.97. The molecule has 1 aromatic rings. The summed E-state index contributed by atoms with van der Waals surface area (Å²) in [5, 5.41) is 19.5. The van der Waals surface area contributed by atoms with Crippen LogP contribution in [0.25, 0.3) is 0 Å². The van der Waals surface area contributed by atoms with E-state index in [2.05, 4.69) is 0 Å². The predicted molar refractivity (Wildman–Crippen MR) is 66.7 cm³/mol. The minimum atomic E-state index is -1.06. The molecular formula is C14H18O4. The third-order valence-electron chi connectivity index (χ3n) is 3.65. The van der Waals surface area contributed by atoms with Gasteiger partial charge in [-0.1, -0.05) is 6.07 Å². The number of rotatable bonds is 3. The highest BCUT2D eigenvalue weighted by molar-refractivity contribution is 5.72. The molecule has 2 rings (SSSR count). The third-order valence-corrected chi connectivity index (χ3v) is 3.65. The molecule has 0 atom stereocenters. The topological polar surface area (TPSA) is 66.8 Å². The lowest BCUT2D eigenvalue weighted by molar-refractivity contribution is -0.159. The summed E-state index contributed by atoms with van der Waals surface area (Å²) in [5.41, 5.74) is 1.67. The second kappa shape index (κ2) is 4.28. The van der Waals surface area contributed by atoms with Gasteiger partial charge in [0.1, 0.15) is 5.75 Å². The van der Waals surface area contributed by atoms with Crippen LogP contribution in [0.15, 0.2) is 12.1 Å². The summed E-state index contributed by atoms with van der Waals surface area (Å²) in [5.74, 6) is -0.664. The average molecular weight is 250 g/mol. The van der Waals surface area contributed by atoms with Gasteiger partial charge in [0, 0.05) is 5.56 Å². The number of aryl methyl sites for hydroxylation is 2. The number of carboxylic acids is 1. The van der Waals surface area contributed by atoms with Gasteiger partial charge in [-0.05, 0) is 43.9 Å². The van der Waals surface area contributed by atoms with E-state index in [-0.39, 0.29) is 12.8 Å². The summed E-state index contributed by atoms with van der Waals surface area (Å²) in [6.07, 6.45) is 0.505. The summed E-state index contributed by atoms with van der Waals surface area (Å²) in [4.78, 5) is 10.9. The van der Waals surface area contributed by atoms with Gasteiger partial charge in [-0.15, -0.1) is 0 Å². The molecule has 0 aliphatic heterocycles. The van der Waals surface area contributed by atoms with Crippen molar-refractivity contribution in [3.63, 3.8) is 0 Å². The molecule has 2 N–H and O–H groups in total. The molecule has 1 saturated carbocycles. The summed E-state index contributed by atoms with van der Waals surface area (Å²) < 4.78 is 5.32. The quantitative estimate of drug-likeness (QED) is 0.861. The molecule has 4 nitrogen and oxygen atoms in total. The van der Waals surface area contributed by atoms with Crippen LogP contribution in [0.3, 0.4) is 0 Å². The first-order valence-corrected chi connectivity index (χ1v) is 5.98. The van der Waals surface area contributed by atoms with Crippen LogP contribution in [0.1, 0.15) is 29.5 Å². The Bertz CT molecular complexity index is 487. The van der Waals surface area contributed by atoms with Gasteiger partial charge in [0.15, 0.2) is 0 Å². The second-order valence-electron chi connectivity index (χ2n) is 5.13. The van der Waals surface area contributed by atoms with Crippen molar-refractivity contribution < 1.29 is 19.7 Å². The first kappa shape index (κ1) is 12.9. The van der Waals surface area contributed by atoms with E-state index in [0.29, 0.717) is 5.75 Å². The van der Waals surface area contributed by atoms with Crippen LogP contribution in [0, 0.1) is 19.8 Å². The number of aliphatic carboxylic acids is 1. The van der Waals surface area contributed by atoms with Crippen molar-refractivity contribution in [2.75, 3.05) is 7.11 Å². The van der Waals surface area contributed by atoms with Crippen LogP contribution in [-0.4, -0.2) is 23.3 Å². The Hall–Kier alpha value is -1.55. The molecule has 4 heteroatoms. The number of ether oxygens (including phenoxy) is 1. The normalized spacial score (nSPS) is 26.6. The lowest BCUT2D eigenvalue weighted by atomic mass is 9.66. The minimum absolute atomic E-state index is 0.253. The van der Waals surface area contributed by atoms with E-state index in [4.69, 9.17) is 9.84 Å². The van der Waals surface area contributed by atoms with Crippen LogP contribution < -0.4 is 4.74 Å². The first-order chi connectivity index (χ1) is 8.37. The Morgan fingerprint density at radius 1 is 1.39 bits per heavy atom. The van der Waals surface area contributed by atoms with Crippen LogP contribution >= 0.6 is 0 Å². The van der Waals surface area contributed by atoms with E-state index in [1.54, 1.807) is 7.11 Å². The standard InChI is InChI=1S/C14H18O4/c1-8-4-9(2)12(11(5-8)18-3)14(17)6-10(7-14)13(15)16/h4-5,10,17H,6-7H2,1-3H3,(H,15,16). The van der Waals surface area contributed by atoms with Crippen molar-refractivity contribution in [1.29, 1.82) is 0 Å². The van der Waals surface area contributed by atoms with E-state index in [1.807, 2.05) is 26.0 Å². The summed E-state index contributed by atoms with van der Waals surface area (Å²) in [6, 6.07) is 3.85. The highest BCUT2D eigenvalue weighted by Crippen LogP contribution is 2.49. The predicted octanol–water partition coefficient (Wildman–Crippen LogP) is 1.99. The van der Waals surface area contributed by atoms with E-state index < -0.39 is 17.5 Å². The molecule has 1 aliphatic rings. The van der Waals surface area contributed by atoms with E-state index >= 15 is 0 Å². The molecule has 98 valence electrons. The fourth-order valence-corrected chi connectivity index (χ4v) is 2.82. The number of aliphatic hydroxyl groups is 1. The Morgan fingerprint density at radius 2 is 2.00 bits per heavy atom. The summed E-state index contributed by atoms with van der Waals surface area (Å²) >= 11 is 0.